The van der Waals surface area contributed by atoms with E-state index >= 15 is 0 Å². The Labute approximate surface area is 255 Å². The number of carbonyl (C=O) groups is 1. The van der Waals surface area contributed by atoms with Gasteiger partial charge in [-0.3, -0.25) is 4.79 Å². The summed E-state index contributed by atoms with van der Waals surface area (Å²) in [4.78, 5) is 15.4. The molecule has 0 saturated carbocycles. The molecule has 1 aliphatic rings. The number of halogens is 1. The molecule has 1 amide bonds. The van der Waals surface area contributed by atoms with Crippen molar-refractivity contribution in [2.24, 2.45) is 5.92 Å². The largest absolute Gasteiger partial charge is 0.396 e. The topological polar surface area (TPSA) is 98.2 Å². The maximum atomic E-state index is 13.5. The number of sulfonamides is 1. The summed E-state index contributed by atoms with van der Waals surface area (Å²) in [5.41, 5.74) is 4.75. The molecule has 0 spiro atoms. The minimum Gasteiger partial charge on any atom is -0.396 e. The molecule has 0 radical (unpaired) electrons. The fourth-order valence-corrected chi connectivity index (χ4v) is 6.14. The van der Waals surface area contributed by atoms with Gasteiger partial charge >= 0.3 is 0 Å². The van der Waals surface area contributed by atoms with Crippen LogP contribution in [0.15, 0.2) is 72.8 Å². The number of unbranched alkanes of at least 4 members (excludes halogenated alkanes) is 2. The van der Waals surface area contributed by atoms with Crippen molar-refractivity contribution in [1.82, 2.24) is 4.31 Å². The summed E-state index contributed by atoms with van der Waals surface area (Å²) < 4.78 is 38.0. The lowest BCUT2D eigenvalue weighted by molar-refractivity contribution is -0.131. The molecule has 43 heavy (non-hydrogen) atoms. The first-order valence-electron chi connectivity index (χ1n) is 15.0. The number of benzene rings is 3. The van der Waals surface area contributed by atoms with Crippen molar-refractivity contribution >= 4 is 21.6 Å². The Morgan fingerprint density at radius 1 is 0.884 bits per heavy atom. The van der Waals surface area contributed by atoms with Crippen molar-refractivity contribution in [2.75, 3.05) is 31.4 Å². The number of carbonyl (C=O) groups excluding carboxylic acids is 1. The number of hydrogen-bond acceptors (Lipinski definition) is 5. The smallest absolute Gasteiger partial charge is 0.233 e. The molecule has 1 fully saturated rings. The van der Waals surface area contributed by atoms with Crippen molar-refractivity contribution in [1.29, 1.82) is 0 Å². The van der Waals surface area contributed by atoms with Crippen molar-refractivity contribution in [2.45, 2.75) is 63.5 Å². The molecule has 3 aromatic rings. The first-order valence-corrected chi connectivity index (χ1v) is 16.9. The van der Waals surface area contributed by atoms with Gasteiger partial charge in [0.2, 0.25) is 15.9 Å². The molecule has 0 bridgehead atoms. The zero-order chi connectivity index (χ0) is 31.0. The highest BCUT2D eigenvalue weighted by Gasteiger charge is 2.48. The van der Waals surface area contributed by atoms with Crippen molar-refractivity contribution in [3.05, 3.63) is 101 Å². The quantitative estimate of drug-likeness (QED) is 0.163. The molecule has 9 heteroatoms. The molecule has 232 valence electrons. The van der Waals surface area contributed by atoms with Crippen molar-refractivity contribution < 1.29 is 27.8 Å². The third-order valence-corrected chi connectivity index (χ3v) is 9.70. The second-order valence-corrected chi connectivity index (χ2v) is 13.6. The van der Waals surface area contributed by atoms with E-state index in [1.54, 1.807) is 19.2 Å². The highest BCUT2D eigenvalue weighted by molar-refractivity contribution is 7.88. The Morgan fingerprint density at radius 3 is 2.09 bits per heavy atom. The van der Waals surface area contributed by atoms with E-state index in [1.165, 1.54) is 28.3 Å². The Balaban J connectivity index is 1.47. The summed E-state index contributed by atoms with van der Waals surface area (Å²) in [7, 11) is -1.63. The van der Waals surface area contributed by atoms with E-state index in [-0.39, 0.29) is 30.3 Å². The average Bonchev–Trinajstić information content (AvgIpc) is 2.99. The van der Waals surface area contributed by atoms with Gasteiger partial charge in [0.25, 0.3) is 0 Å². The van der Waals surface area contributed by atoms with Crippen LogP contribution in [0.5, 0.6) is 0 Å². The molecule has 4 rings (SSSR count). The highest BCUT2D eigenvalue weighted by Crippen LogP contribution is 2.46. The van der Waals surface area contributed by atoms with Crippen molar-refractivity contribution in [3.8, 4) is 0 Å². The predicted molar refractivity (Wildman–Crippen MR) is 168 cm³/mol. The summed E-state index contributed by atoms with van der Waals surface area (Å²) in [5.74, 6) is -0.645. The third-order valence-electron chi connectivity index (χ3n) is 8.38. The monoisotopic (exact) mass is 610 g/mol. The van der Waals surface area contributed by atoms with Gasteiger partial charge in [0.15, 0.2) is 0 Å². The fourth-order valence-electron chi connectivity index (χ4n) is 5.68. The van der Waals surface area contributed by atoms with Gasteiger partial charge in [-0.1, -0.05) is 55.0 Å². The van der Waals surface area contributed by atoms with Crippen LogP contribution in [0.3, 0.4) is 0 Å². The lowest BCUT2D eigenvalue weighted by Gasteiger charge is -2.48. The lowest BCUT2D eigenvalue weighted by atomic mass is 9.78. The van der Waals surface area contributed by atoms with Crippen LogP contribution in [0.4, 0.5) is 10.1 Å². The number of aryl methyl sites for hydroxylation is 2. The fraction of sp³-hybridized carbons (Fsp3) is 0.441. The van der Waals surface area contributed by atoms with Crippen LogP contribution >= 0.6 is 0 Å². The van der Waals surface area contributed by atoms with Crippen LogP contribution in [0.1, 0.15) is 72.9 Å². The van der Waals surface area contributed by atoms with E-state index in [0.29, 0.717) is 31.4 Å². The minimum absolute atomic E-state index is 0.00640. The number of nitrogens with zero attached hydrogens (tertiary/aromatic N) is 2. The standard InChI is InChI=1S/C34H43FN2O5S/c1-36(43(2,41)42)23-6-8-26-11-19-30(20-12-26)37-33(28-13-9-25(10-14-28)7-4-3-5-24-38)31(34(37)40)21-22-32(39)27-15-17-29(35)18-16-27/h9-20,31-33,38-39H,3-8,21-24H2,1-2H3/t31-,32+,33-/m1/s1. The molecule has 0 aromatic heterocycles. The van der Waals surface area contributed by atoms with E-state index in [9.17, 15) is 22.7 Å². The number of aliphatic hydroxyl groups is 2. The summed E-state index contributed by atoms with van der Waals surface area (Å²) in [6, 6.07) is 21.9. The Kier molecular flexibility index (Phi) is 11.5. The normalized spacial score (nSPS) is 17.7. The first-order chi connectivity index (χ1) is 20.6. The van der Waals surface area contributed by atoms with Crippen LogP contribution in [-0.2, 0) is 27.7 Å². The Hall–Kier alpha value is -3.11. The average molecular weight is 611 g/mol. The van der Waals surface area contributed by atoms with Crippen LogP contribution in [-0.4, -0.2) is 55.3 Å². The van der Waals surface area contributed by atoms with Gasteiger partial charge in [-0.2, -0.15) is 0 Å². The second-order valence-electron chi connectivity index (χ2n) is 11.5. The van der Waals surface area contributed by atoms with Crippen LogP contribution < -0.4 is 4.90 Å². The van der Waals surface area contributed by atoms with E-state index < -0.39 is 16.1 Å². The van der Waals surface area contributed by atoms with Gasteiger partial charge in [0, 0.05) is 25.9 Å². The highest BCUT2D eigenvalue weighted by atomic mass is 32.2. The molecular formula is C34H43FN2O5S. The molecule has 2 N–H and O–H groups in total. The van der Waals surface area contributed by atoms with Gasteiger partial charge in [-0.05, 0) is 91.5 Å². The number of aliphatic hydroxyl groups excluding tert-OH is 2. The number of amides is 1. The zero-order valence-corrected chi connectivity index (χ0v) is 25.8. The third kappa shape index (κ3) is 8.72. The van der Waals surface area contributed by atoms with Crippen LogP contribution in [0.25, 0.3) is 0 Å². The minimum atomic E-state index is -3.20. The molecular weight excluding hydrogens is 567 g/mol. The van der Waals surface area contributed by atoms with Gasteiger partial charge in [-0.25, -0.2) is 17.1 Å². The number of β-lactam (4-membered cyclic amide) rings is 1. The van der Waals surface area contributed by atoms with E-state index in [2.05, 4.69) is 24.3 Å². The predicted octanol–water partition coefficient (Wildman–Crippen LogP) is 5.57. The molecule has 1 aliphatic heterocycles. The van der Waals surface area contributed by atoms with Gasteiger partial charge in [0.05, 0.1) is 24.3 Å². The van der Waals surface area contributed by atoms with E-state index in [0.717, 1.165) is 48.9 Å². The maximum Gasteiger partial charge on any atom is 0.233 e. The molecule has 0 unspecified atom stereocenters. The summed E-state index contributed by atoms with van der Waals surface area (Å²) in [5, 5.41) is 19.8. The van der Waals surface area contributed by atoms with Gasteiger partial charge in [-0.15, -0.1) is 0 Å². The number of rotatable bonds is 16. The Bertz CT molecular complexity index is 1430. The second kappa shape index (κ2) is 15.1. The number of hydrogen-bond donors (Lipinski definition) is 2. The Morgan fingerprint density at radius 2 is 1.49 bits per heavy atom. The molecule has 7 nitrogen and oxygen atoms in total. The maximum absolute atomic E-state index is 13.5. The SMILES string of the molecule is CN(CCCc1ccc(N2C(=O)[C@H](CC[C@H](O)c3ccc(F)cc3)[C@H]2c2ccc(CCCCCO)cc2)cc1)S(C)(=O)=O. The first kappa shape index (κ1) is 32.8. The molecule has 0 aliphatic carbocycles. The summed E-state index contributed by atoms with van der Waals surface area (Å²) >= 11 is 0. The number of anilines is 1. The summed E-state index contributed by atoms with van der Waals surface area (Å²) in [6.45, 7) is 0.652. The van der Waals surface area contributed by atoms with Gasteiger partial charge in [0.1, 0.15) is 5.82 Å². The van der Waals surface area contributed by atoms with E-state index in [1.807, 2.05) is 29.2 Å². The molecule has 3 atom stereocenters. The molecule has 3 aromatic carbocycles. The molecule has 1 heterocycles. The van der Waals surface area contributed by atoms with Crippen LogP contribution in [0.2, 0.25) is 0 Å². The van der Waals surface area contributed by atoms with E-state index in [4.69, 9.17) is 5.11 Å². The summed E-state index contributed by atoms with van der Waals surface area (Å²) in [6.07, 6.45) is 6.43. The van der Waals surface area contributed by atoms with Crippen LogP contribution in [0, 0.1) is 11.7 Å². The zero-order valence-electron chi connectivity index (χ0n) is 25.0. The van der Waals surface area contributed by atoms with Crippen molar-refractivity contribution in [3.63, 3.8) is 0 Å². The van der Waals surface area contributed by atoms with Gasteiger partial charge < -0.3 is 15.1 Å². The lowest BCUT2D eigenvalue weighted by Crippen LogP contribution is -2.55. The molecule has 1 saturated heterocycles.